The number of thiocarbonyl (C=S) groups is 1. The highest BCUT2D eigenvalue weighted by Gasteiger charge is 2.34. The van der Waals surface area contributed by atoms with Crippen LogP contribution in [0, 0.1) is 11.3 Å². The van der Waals surface area contributed by atoms with Crippen LogP contribution in [0.4, 0.5) is 0 Å². The van der Waals surface area contributed by atoms with Crippen molar-refractivity contribution in [1.82, 2.24) is 10.2 Å². The first-order valence-electron chi connectivity index (χ1n) is 6.84. The van der Waals surface area contributed by atoms with Gasteiger partial charge in [-0.3, -0.25) is 0 Å². The number of nitrogens with two attached hydrogens (primary N) is 1. The van der Waals surface area contributed by atoms with E-state index in [1.54, 1.807) is 19.3 Å². The van der Waals surface area contributed by atoms with Crippen LogP contribution < -0.4 is 15.8 Å². The van der Waals surface area contributed by atoms with Crippen LogP contribution in [0.3, 0.4) is 0 Å². The highest BCUT2D eigenvalue weighted by atomic mass is 32.1. The Bertz CT molecular complexity index is 633. The lowest BCUT2D eigenvalue weighted by Crippen LogP contribution is -2.59. The number of hydrogen-bond acceptors (Lipinski definition) is 4. The maximum absolute atomic E-state index is 9.56. The van der Waals surface area contributed by atoms with Gasteiger partial charge in [-0.1, -0.05) is 18.2 Å². The van der Waals surface area contributed by atoms with Gasteiger partial charge in [0.15, 0.2) is 5.11 Å². The molecule has 1 aromatic carbocycles. The van der Waals surface area contributed by atoms with Gasteiger partial charge >= 0.3 is 0 Å². The first kappa shape index (κ1) is 15.9. The third-order valence-corrected chi connectivity index (χ3v) is 3.55. The zero-order chi connectivity index (χ0) is 16.0. The Morgan fingerprint density at radius 3 is 2.73 bits per heavy atom. The minimum Gasteiger partial charge on any atom is -0.497 e. The summed E-state index contributed by atoms with van der Waals surface area (Å²) in [5, 5.41) is 12.5. The summed E-state index contributed by atoms with van der Waals surface area (Å²) in [6.45, 7) is 0.649. The summed E-state index contributed by atoms with van der Waals surface area (Å²) in [6.07, 6.45) is 8.08. The lowest BCUT2D eigenvalue weighted by molar-refractivity contribution is 0.236. The summed E-state index contributed by atoms with van der Waals surface area (Å²) >= 11 is 4.89. The summed E-state index contributed by atoms with van der Waals surface area (Å²) in [5.74, 6) is 0.825. The van der Waals surface area contributed by atoms with Gasteiger partial charge in [0, 0.05) is 12.7 Å². The maximum Gasteiger partial charge on any atom is 0.221 e. The first-order valence-corrected chi connectivity index (χ1v) is 7.25. The SMILES string of the molecule is COc1ccc(CCN2C=CC=CC2(C#N)NC(N)=S)cc1. The van der Waals surface area contributed by atoms with Crippen molar-refractivity contribution in [3.05, 3.63) is 54.3 Å². The molecule has 5 nitrogen and oxygen atoms in total. The molecule has 114 valence electrons. The predicted molar refractivity (Wildman–Crippen MR) is 89.9 cm³/mol. The average molecular weight is 314 g/mol. The van der Waals surface area contributed by atoms with E-state index in [9.17, 15) is 5.26 Å². The molecule has 2 rings (SSSR count). The van der Waals surface area contributed by atoms with E-state index in [4.69, 9.17) is 22.7 Å². The lowest BCUT2D eigenvalue weighted by Gasteiger charge is -2.38. The van der Waals surface area contributed by atoms with Crippen LogP contribution in [-0.2, 0) is 6.42 Å². The predicted octanol–water partition coefficient (Wildman–Crippen LogP) is 1.68. The zero-order valence-corrected chi connectivity index (χ0v) is 13.1. The number of allylic oxidation sites excluding steroid dienone is 2. The number of nitriles is 1. The van der Waals surface area contributed by atoms with Crippen LogP contribution in [0.1, 0.15) is 5.56 Å². The fraction of sp³-hybridized carbons (Fsp3) is 0.250. The number of methoxy groups -OCH3 is 1. The van der Waals surface area contributed by atoms with Gasteiger partial charge in [-0.05, 0) is 48.5 Å². The molecule has 0 spiro atoms. The Morgan fingerprint density at radius 2 is 2.14 bits per heavy atom. The third-order valence-electron chi connectivity index (χ3n) is 3.45. The van der Waals surface area contributed by atoms with Crippen LogP contribution in [-0.4, -0.2) is 29.3 Å². The molecule has 0 aromatic heterocycles. The highest BCUT2D eigenvalue weighted by molar-refractivity contribution is 7.80. The van der Waals surface area contributed by atoms with Gasteiger partial charge in [0.05, 0.1) is 7.11 Å². The normalized spacial score (nSPS) is 19.5. The standard InChI is InChI=1S/C16H18N4OS/c1-21-14-6-4-13(5-7-14)8-11-20-10-3-2-9-16(20,12-17)19-15(18)22/h2-7,9-10H,8,11H2,1H3,(H3,18,19,22). The number of ether oxygens (including phenoxy) is 1. The molecule has 6 heteroatoms. The molecule has 1 aliphatic rings. The number of hydrogen-bond donors (Lipinski definition) is 2. The number of nitrogens with one attached hydrogen (secondary N) is 1. The molecule has 0 amide bonds. The quantitative estimate of drug-likeness (QED) is 0.806. The molecule has 0 aliphatic carbocycles. The molecule has 1 heterocycles. The second-order valence-corrected chi connectivity index (χ2v) is 5.30. The Labute approximate surface area is 135 Å². The van der Waals surface area contributed by atoms with E-state index in [1.165, 1.54) is 0 Å². The van der Waals surface area contributed by atoms with Gasteiger partial charge in [-0.15, -0.1) is 0 Å². The molecular weight excluding hydrogens is 296 g/mol. The molecule has 0 saturated carbocycles. The molecule has 1 aromatic rings. The molecule has 1 aliphatic heterocycles. The molecule has 1 unspecified atom stereocenters. The topological polar surface area (TPSA) is 74.3 Å². The van der Waals surface area contributed by atoms with E-state index in [2.05, 4.69) is 11.4 Å². The molecule has 0 radical (unpaired) electrons. The summed E-state index contributed by atoms with van der Waals surface area (Å²) in [4.78, 5) is 1.89. The van der Waals surface area contributed by atoms with E-state index in [0.29, 0.717) is 6.54 Å². The largest absolute Gasteiger partial charge is 0.497 e. The van der Waals surface area contributed by atoms with Gasteiger partial charge in [-0.2, -0.15) is 5.26 Å². The molecule has 1 atom stereocenters. The van der Waals surface area contributed by atoms with E-state index in [0.717, 1.165) is 17.7 Å². The monoisotopic (exact) mass is 314 g/mol. The summed E-state index contributed by atoms with van der Waals surface area (Å²) in [5.41, 5.74) is 5.68. The van der Waals surface area contributed by atoms with Crippen molar-refractivity contribution in [1.29, 1.82) is 5.26 Å². The second-order valence-electron chi connectivity index (χ2n) is 4.86. The van der Waals surface area contributed by atoms with Crippen LogP contribution in [0.5, 0.6) is 5.75 Å². The zero-order valence-electron chi connectivity index (χ0n) is 12.3. The molecule has 0 bridgehead atoms. The van der Waals surface area contributed by atoms with Crippen LogP contribution in [0.25, 0.3) is 0 Å². The smallest absolute Gasteiger partial charge is 0.221 e. The molecule has 3 N–H and O–H groups in total. The van der Waals surface area contributed by atoms with Crippen molar-refractivity contribution in [2.45, 2.75) is 12.1 Å². The molecule has 0 saturated heterocycles. The van der Waals surface area contributed by atoms with Crippen LogP contribution >= 0.6 is 12.2 Å². The first-order chi connectivity index (χ1) is 10.6. The Hall–Kier alpha value is -2.52. The molecule has 0 fully saturated rings. The number of benzene rings is 1. The third kappa shape index (κ3) is 3.57. The highest BCUT2D eigenvalue weighted by Crippen LogP contribution is 2.20. The fourth-order valence-corrected chi connectivity index (χ4v) is 2.44. The van der Waals surface area contributed by atoms with Gasteiger partial charge < -0.3 is 20.7 Å². The van der Waals surface area contributed by atoms with Crippen molar-refractivity contribution in [2.75, 3.05) is 13.7 Å². The van der Waals surface area contributed by atoms with E-state index < -0.39 is 5.66 Å². The summed E-state index contributed by atoms with van der Waals surface area (Å²) in [6, 6.07) is 10.1. The second kappa shape index (κ2) is 6.96. The van der Waals surface area contributed by atoms with Crippen LogP contribution in [0.15, 0.2) is 48.7 Å². The van der Waals surface area contributed by atoms with Gasteiger partial charge in [-0.25, -0.2) is 0 Å². The Balaban J connectivity index is 2.08. The van der Waals surface area contributed by atoms with Crippen molar-refractivity contribution < 1.29 is 4.74 Å². The van der Waals surface area contributed by atoms with Crippen molar-refractivity contribution in [3.8, 4) is 11.8 Å². The number of rotatable bonds is 5. The summed E-state index contributed by atoms with van der Waals surface area (Å²) in [7, 11) is 1.64. The van der Waals surface area contributed by atoms with Gasteiger partial charge in [0.1, 0.15) is 11.8 Å². The van der Waals surface area contributed by atoms with E-state index in [1.807, 2.05) is 41.4 Å². The minimum atomic E-state index is -1.03. The van der Waals surface area contributed by atoms with Gasteiger partial charge in [0.25, 0.3) is 0 Å². The average Bonchev–Trinajstić information content (AvgIpc) is 2.54. The summed E-state index contributed by atoms with van der Waals surface area (Å²) < 4.78 is 5.15. The Morgan fingerprint density at radius 1 is 1.41 bits per heavy atom. The minimum absolute atomic E-state index is 0.0935. The maximum atomic E-state index is 9.56. The van der Waals surface area contributed by atoms with E-state index >= 15 is 0 Å². The van der Waals surface area contributed by atoms with E-state index in [-0.39, 0.29) is 5.11 Å². The van der Waals surface area contributed by atoms with Crippen molar-refractivity contribution >= 4 is 17.3 Å². The van der Waals surface area contributed by atoms with Crippen LogP contribution in [0.2, 0.25) is 0 Å². The number of nitrogens with zero attached hydrogens (tertiary/aromatic N) is 2. The van der Waals surface area contributed by atoms with Crippen molar-refractivity contribution in [2.24, 2.45) is 5.73 Å². The molecule has 22 heavy (non-hydrogen) atoms. The fourth-order valence-electron chi connectivity index (χ4n) is 2.29. The molecular formula is C16H18N4OS. The Kier molecular flexibility index (Phi) is 5.02. The lowest BCUT2D eigenvalue weighted by atomic mass is 10.1. The van der Waals surface area contributed by atoms with Gasteiger partial charge in [0.2, 0.25) is 5.66 Å². The van der Waals surface area contributed by atoms with Crippen molar-refractivity contribution in [3.63, 3.8) is 0 Å².